The number of aromatic nitrogens is 4. The number of halogens is 1. The predicted octanol–water partition coefficient (Wildman–Crippen LogP) is 0.714. The van der Waals surface area contributed by atoms with Crippen LogP contribution in [0.15, 0.2) is 54.9 Å². The van der Waals surface area contributed by atoms with E-state index in [-0.39, 0.29) is 36.1 Å². The monoisotopic (exact) mass is 408 g/mol. The van der Waals surface area contributed by atoms with E-state index in [1.54, 1.807) is 36.4 Å². The average Bonchev–Trinajstić information content (AvgIpc) is 3.34. The number of hydrogen-bond donors (Lipinski definition) is 2. The molecule has 0 aliphatic rings. The Balaban J connectivity index is 0.00000231. The minimum absolute atomic E-state index is 0. The van der Waals surface area contributed by atoms with Crippen LogP contribution < -0.4 is 28.7 Å². The van der Waals surface area contributed by atoms with Crippen LogP contribution >= 0.6 is 0 Å². The molecule has 0 fully saturated rings. The molecule has 2 N–H and O–H groups in total. The van der Waals surface area contributed by atoms with Crippen LogP contribution in [0.4, 0.5) is 4.39 Å². The quantitative estimate of drug-likeness (QED) is 0.426. The summed E-state index contributed by atoms with van der Waals surface area (Å²) < 4.78 is 20.7. The standard InChI is InChI=1S/C22H15FN4O3.Li/c1-11-8-14-16(26-11)6-7-18(19(14)23)30-21-15-9-17(27-20(15)24-10-25-21)12-2-4-13(5-3-12)22(28)29;/h2-10,26H,1H3,(H,28,29)(H,24,25,27);/q;+1/p-1. The SMILES string of the molecule is Cc1cc2c(F)c(Oc3ncnc4[nH]c(-c5ccc(C(=O)[O-])cc5)cc34)ccc2[nH]1.[Li+]. The number of aryl methyl sites for hydroxylation is 1. The van der Waals surface area contributed by atoms with Gasteiger partial charge < -0.3 is 24.6 Å². The van der Waals surface area contributed by atoms with Crippen LogP contribution in [0.5, 0.6) is 11.6 Å². The van der Waals surface area contributed by atoms with E-state index < -0.39 is 11.8 Å². The second-order valence-electron chi connectivity index (χ2n) is 6.88. The zero-order valence-corrected chi connectivity index (χ0v) is 16.7. The number of carboxylic acids is 1. The van der Waals surface area contributed by atoms with Gasteiger partial charge in [0.1, 0.15) is 12.0 Å². The first-order chi connectivity index (χ1) is 14.5. The zero-order chi connectivity index (χ0) is 20.8. The first-order valence-electron chi connectivity index (χ1n) is 9.11. The number of carbonyl (C=O) groups excluding carboxylic acids is 1. The van der Waals surface area contributed by atoms with Crippen molar-refractivity contribution >= 4 is 27.9 Å². The molecule has 0 amide bonds. The summed E-state index contributed by atoms with van der Waals surface area (Å²) in [6, 6.07) is 13.0. The normalized spacial score (nSPS) is 10.9. The van der Waals surface area contributed by atoms with Gasteiger partial charge in [0.2, 0.25) is 5.88 Å². The molecule has 7 nitrogen and oxygen atoms in total. The van der Waals surface area contributed by atoms with Crippen LogP contribution in [0.2, 0.25) is 0 Å². The van der Waals surface area contributed by atoms with Gasteiger partial charge in [0, 0.05) is 22.3 Å². The third-order valence-electron chi connectivity index (χ3n) is 4.86. The van der Waals surface area contributed by atoms with E-state index in [4.69, 9.17) is 4.74 Å². The molecule has 148 valence electrons. The van der Waals surface area contributed by atoms with Gasteiger partial charge >= 0.3 is 18.9 Å². The van der Waals surface area contributed by atoms with Crippen molar-refractivity contribution in [1.29, 1.82) is 0 Å². The Hall–Kier alpha value is -3.60. The molecule has 31 heavy (non-hydrogen) atoms. The summed E-state index contributed by atoms with van der Waals surface area (Å²) in [5.41, 5.74) is 3.58. The van der Waals surface area contributed by atoms with Gasteiger partial charge in [-0.1, -0.05) is 24.3 Å². The summed E-state index contributed by atoms with van der Waals surface area (Å²) in [5, 5.41) is 11.9. The van der Waals surface area contributed by atoms with Crippen molar-refractivity contribution in [2.24, 2.45) is 0 Å². The van der Waals surface area contributed by atoms with Crippen LogP contribution in [0.3, 0.4) is 0 Å². The first kappa shape index (κ1) is 20.7. The van der Waals surface area contributed by atoms with Gasteiger partial charge in [-0.25, -0.2) is 14.4 Å². The Morgan fingerprint density at radius 3 is 2.55 bits per heavy atom. The van der Waals surface area contributed by atoms with E-state index in [0.717, 1.165) is 11.3 Å². The second kappa shape index (κ2) is 7.91. The van der Waals surface area contributed by atoms with E-state index >= 15 is 0 Å². The molecule has 3 heterocycles. The molecule has 0 unspecified atom stereocenters. The van der Waals surface area contributed by atoms with Gasteiger partial charge in [0.15, 0.2) is 11.6 Å². The maximum Gasteiger partial charge on any atom is 1.00 e. The fourth-order valence-corrected chi connectivity index (χ4v) is 3.41. The average molecular weight is 408 g/mol. The molecule has 9 heteroatoms. The smallest absolute Gasteiger partial charge is 0.545 e. The van der Waals surface area contributed by atoms with E-state index in [2.05, 4.69) is 19.9 Å². The number of aromatic amines is 2. The molecule has 3 aromatic heterocycles. The summed E-state index contributed by atoms with van der Waals surface area (Å²) in [6.07, 6.45) is 1.33. The van der Waals surface area contributed by atoms with Crippen molar-refractivity contribution in [3.8, 4) is 22.9 Å². The van der Waals surface area contributed by atoms with Crippen molar-refractivity contribution < 1.29 is 37.9 Å². The molecule has 0 saturated heterocycles. The van der Waals surface area contributed by atoms with E-state index in [1.807, 2.05) is 6.92 Å². The number of benzene rings is 2. The fourth-order valence-electron chi connectivity index (χ4n) is 3.41. The summed E-state index contributed by atoms with van der Waals surface area (Å²) in [4.78, 5) is 25.5. The summed E-state index contributed by atoms with van der Waals surface area (Å²) >= 11 is 0. The van der Waals surface area contributed by atoms with Gasteiger partial charge in [-0.2, -0.15) is 0 Å². The maximum atomic E-state index is 14.9. The van der Waals surface area contributed by atoms with Crippen LogP contribution in [-0.4, -0.2) is 25.9 Å². The molecule has 0 saturated carbocycles. The first-order valence-corrected chi connectivity index (χ1v) is 9.11. The molecule has 0 atom stereocenters. The second-order valence-corrected chi connectivity index (χ2v) is 6.88. The van der Waals surface area contributed by atoms with Crippen molar-refractivity contribution in [3.63, 3.8) is 0 Å². The van der Waals surface area contributed by atoms with Crippen LogP contribution in [0.25, 0.3) is 33.2 Å². The zero-order valence-electron chi connectivity index (χ0n) is 16.7. The number of fused-ring (bicyclic) bond motifs is 2. The summed E-state index contributed by atoms with van der Waals surface area (Å²) in [6.45, 7) is 1.86. The van der Waals surface area contributed by atoms with E-state index in [0.29, 0.717) is 27.6 Å². The molecule has 0 aliphatic carbocycles. The van der Waals surface area contributed by atoms with Crippen molar-refractivity contribution in [1.82, 2.24) is 19.9 Å². The number of carbonyl (C=O) groups is 1. The number of aromatic carboxylic acids is 1. The van der Waals surface area contributed by atoms with Gasteiger partial charge in [0.05, 0.1) is 11.4 Å². The fraction of sp³-hybridized carbons (Fsp3) is 0.0455. The van der Waals surface area contributed by atoms with Gasteiger partial charge in [-0.05, 0) is 42.3 Å². The number of ether oxygens (including phenoxy) is 1. The number of hydrogen-bond acceptors (Lipinski definition) is 5. The van der Waals surface area contributed by atoms with Crippen molar-refractivity contribution in [2.45, 2.75) is 6.92 Å². The van der Waals surface area contributed by atoms with Gasteiger partial charge in [0.25, 0.3) is 0 Å². The molecule has 0 spiro atoms. The number of H-pyrrole nitrogens is 2. The minimum atomic E-state index is -1.24. The van der Waals surface area contributed by atoms with Crippen LogP contribution in [-0.2, 0) is 0 Å². The van der Waals surface area contributed by atoms with Crippen molar-refractivity contribution in [2.75, 3.05) is 0 Å². The molecule has 5 rings (SSSR count). The third kappa shape index (κ3) is 3.67. The molecule has 2 aromatic carbocycles. The number of carboxylic acid groups (broad SMARTS) is 1. The predicted molar refractivity (Wildman–Crippen MR) is 107 cm³/mol. The van der Waals surface area contributed by atoms with Crippen LogP contribution in [0, 0.1) is 12.7 Å². The van der Waals surface area contributed by atoms with Crippen LogP contribution in [0.1, 0.15) is 16.1 Å². The number of nitrogens with one attached hydrogen (secondary N) is 2. The van der Waals surface area contributed by atoms with Crippen molar-refractivity contribution in [3.05, 3.63) is 71.9 Å². The minimum Gasteiger partial charge on any atom is -0.545 e. The number of nitrogens with zero attached hydrogens (tertiary/aromatic N) is 2. The van der Waals surface area contributed by atoms with Gasteiger partial charge in [-0.15, -0.1) is 0 Å². The Bertz CT molecular complexity index is 1430. The molecular formula is C22H14FLiN4O3. The molecular weight excluding hydrogens is 394 g/mol. The topological polar surface area (TPSA) is 107 Å². The molecule has 0 aliphatic heterocycles. The van der Waals surface area contributed by atoms with E-state index in [1.165, 1.54) is 18.5 Å². The largest absolute Gasteiger partial charge is 1.00 e. The molecule has 0 bridgehead atoms. The van der Waals surface area contributed by atoms with Gasteiger partial charge in [-0.3, -0.25) is 0 Å². The molecule has 0 radical (unpaired) electrons. The Morgan fingerprint density at radius 1 is 1.03 bits per heavy atom. The number of rotatable bonds is 4. The Morgan fingerprint density at radius 2 is 1.81 bits per heavy atom. The summed E-state index contributed by atoms with van der Waals surface area (Å²) in [5.74, 6) is -1.45. The third-order valence-corrected chi connectivity index (χ3v) is 4.86. The Kier molecular flexibility index (Phi) is 5.27. The van der Waals surface area contributed by atoms with E-state index in [9.17, 15) is 14.3 Å². The summed E-state index contributed by atoms with van der Waals surface area (Å²) in [7, 11) is 0. The maximum absolute atomic E-state index is 14.9. The molecule has 5 aromatic rings. The Labute approximate surface area is 187 Å².